The van der Waals surface area contributed by atoms with Crippen LogP contribution in [0.4, 0.5) is 5.13 Å². The molecule has 0 aromatic carbocycles. The van der Waals surface area contributed by atoms with Crippen molar-refractivity contribution >= 4 is 34.6 Å². The molecule has 0 spiro atoms. The molecule has 8 heteroatoms. The van der Waals surface area contributed by atoms with Gasteiger partial charge in [-0.15, -0.1) is 11.3 Å². The number of anilines is 1. The van der Waals surface area contributed by atoms with Crippen LogP contribution in [-0.4, -0.2) is 25.7 Å². The van der Waals surface area contributed by atoms with Crippen LogP contribution in [0.5, 0.6) is 0 Å². The first-order valence-corrected chi connectivity index (χ1v) is 7.19. The largest absolute Gasteiger partial charge is 0.300 e. The van der Waals surface area contributed by atoms with Gasteiger partial charge in [0.1, 0.15) is 12.4 Å². The van der Waals surface area contributed by atoms with Crippen LogP contribution in [-0.2, 0) is 17.8 Å². The van der Waals surface area contributed by atoms with Gasteiger partial charge in [-0.05, 0) is 25.6 Å². The van der Waals surface area contributed by atoms with Crippen LogP contribution < -0.4 is 5.32 Å². The standard InChI is InChI=1S/C11H15N5OS2/c1-3-4-8-14-15-11(18)16(8)6-9(17)13-10-12-5-7(2)19-10/h5H,3-4,6H2,1-2H3,(H,15,18)(H,12,13,17). The first-order valence-electron chi connectivity index (χ1n) is 5.96. The lowest BCUT2D eigenvalue weighted by molar-refractivity contribution is -0.116. The van der Waals surface area contributed by atoms with Crippen molar-refractivity contribution in [2.24, 2.45) is 0 Å². The van der Waals surface area contributed by atoms with Crippen LogP contribution in [0.25, 0.3) is 0 Å². The van der Waals surface area contributed by atoms with E-state index in [9.17, 15) is 4.79 Å². The van der Waals surface area contributed by atoms with Gasteiger partial charge in [0.2, 0.25) is 5.91 Å². The van der Waals surface area contributed by atoms with Gasteiger partial charge in [0.25, 0.3) is 0 Å². The third kappa shape index (κ3) is 3.48. The fraction of sp³-hybridized carbons (Fsp3) is 0.455. The highest BCUT2D eigenvalue weighted by atomic mass is 32.1. The lowest BCUT2D eigenvalue weighted by atomic mass is 10.3. The fourth-order valence-corrected chi connectivity index (χ4v) is 2.54. The van der Waals surface area contributed by atoms with E-state index in [1.807, 2.05) is 6.92 Å². The number of nitrogens with zero attached hydrogens (tertiary/aromatic N) is 3. The lowest BCUT2D eigenvalue weighted by Gasteiger charge is -2.05. The summed E-state index contributed by atoms with van der Waals surface area (Å²) in [5.74, 6) is 0.655. The van der Waals surface area contributed by atoms with E-state index in [0.29, 0.717) is 9.90 Å². The highest BCUT2D eigenvalue weighted by Crippen LogP contribution is 2.16. The Labute approximate surface area is 119 Å². The van der Waals surface area contributed by atoms with Crippen molar-refractivity contribution in [1.29, 1.82) is 0 Å². The van der Waals surface area contributed by atoms with Gasteiger partial charge in [-0.2, -0.15) is 5.10 Å². The first kappa shape index (κ1) is 13.9. The molecule has 2 heterocycles. The Morgan fingerprint density at radius 3 is 3.05 bits per heavy atom. The highest BCUT2D eigenvalue weighted by molar-refractivity contribution is 7.71. The Bertz CT molecular complexity index is 627. The van der Waals surface area contributed by atoms with E-state index in [-0.39, 0.29) is 12.5 Å². The van der Waals surface area contributed by atoms with Crippen molar-refractivity contribution in [2.75, 3.05) is 5.32 Å². The van der Waals surface area contributed by atoms with Gasteiger partial charge < -0.3 is 5.32 Å². The SMILES string of the molecule is CCCc1n[nH]c(=S)n1CC(=O)Nc1ncc(C)s1. The second-order valence-corrected chi connectivity index (χ2v) is 5.73. The smallest absolute Gasteiger partial charge is 0.246 e. The van der Waals surface area contributed by atoms with Crippen molar-refractivity contribution in [3.05, 3.63) is 21.7 Å². The topological polar surface area (TPSA) is 75.6 Å². The molecule has 0 saturated heterocycles. The van der Waals surface area contributed by atoms with Gasteiger partial charge in [0.15, 0.2) is 9.90 Å². The maximum absolute atomic E-state index is 11.9. The predicted molar refractivity (Wildman–Crippen MR) is 76.9 cm³/mol. The van der Waals surface area contributed by atoms with E-state index in [4.69, 9.17) is 12.2 Å². The van der Waals surface area contributed by atoms with E-state index in [0.717, 1.165) is 23.5 Å². The lowest BCUT2D eigenvalue weighted by Crippen LogP contribution is -2.20. The summed E-state index contributed by atoms with van der Waals surface area (Å²) in [5.41, 5.74) is 0. The minimum atomic E-state index is -0.149. The summed E-state index contributed by atoms with van der Waals surface area (Å²) < 4.78 is 2.18. The summed E-state index contributed by atoms with van der Waals surface area (Å²) in [4.78, 5) is 17.1. The van der Waals surface area contributed by atoms with Gasteiger partial charge in [0, 0.05) is 17.5 Å². The molecule has 0 atom stereocenters. The zero-order chi connectivity index (χ0) is 13.8. The number of hydrogen-bond donors (Lipinski definition) is 2. The van der Waals surface area contributed by atoms with Crippen LogP contribution >= 0.6 is 23.6 Å². The van der Waals surface area contributed by atoms with Gasteiger partial charge >= 0.3 is 0 Å². The number of carbonyl (C=O) groups is 1. The molecule has 2 aromatic heterocycles. The van der Waals surface area contributed by atoms with Crippen molar-refractivity contribution in [3.8, 4) is 0 Å². The van der Waals surface area contributed by atoms with Gasteiger partial charge in [-0.25, -0.2) is 4.98 Å². The molecule has 6 nitrogen and oxygen atoms in total. The number of aryl methyl sites for hydroxylation is 2. The number of H-pyrrole nitrogens is 1. The second kappa shape index (κ2) is 6.07. The normalized spacial score (nSPS) is 10.6. The molecule has 2 N–H and O–H groups in total. The maximum atomic E-state index is 11.9. The zero-order valence-electron chi connectivity index (χ0n) is 10.8. The van der Waals surface area contributed by atoms with Gasteiger partial charge in [-0.1, -0.05) is 6.92 Å². The summed E-state index contributed by atoms with van der Waals surface area (Å²) in [5, 5.41) is 10.2. The van der Waals surface area contributed by atoms with Crippen LogP contribution in [0.2, 0.25) is 0 Å². The third-order valence-corrected chi connectivity index (χ3v) is 3.62. The Balaban J connectivity index is 2.06. The van der Waals surface area contributed by atoms with E-state index in [2.05, 4.69) is 27.4 Å². The van der Waals surface area contributed by atoms with Crippen molar-refractivity contribution in [2.45, 2.75) is 33.2 Å². The van der Waals surface area contributed by atoms with Crippen LogP contribution in [0.3, 0.4) is 0 Å². The molecule has 2 rings (SSSR count). The monoisotopic (exact) mass is 297 g/mol. The average molecular weight is 297 g/mol. The number of aromatic amines is 1. The molecule has 0 radical (unpaired) electrons. The number of nitrogens with one attached hydrogen (secondary N) is 2. The van der Waals surface area contributed by atoms with E-state index >= 15 is 0 Å². The summed E-state index contributed by atoms with van der Waals surface area (Å²) >= 11 is 6.57. The van der Waals surface area contributed by atoms with Crippen molar-refractivity contribution < 1.29 is 4.79 Å². The molecule has 0 aliphatic heterocycles. The second-order valence-electron chi connectivity index (χ2n) is 4.11. The van der Waals surface area contributed by atoms with Crippen LogP contribution in [0.1, 0.15) is 24.0 Å². The van der Waals surface area contributed by atoms with Crippen LogP contribution in [0, 0.1) is 11.7 Å². The first-order chi connectivity index (χ1) is 9.10. The molecule has 0 unspecified atom stereocenters. The summed E-state index contributed by atoms with van der Waals surface area (Å²) in [7, 11) is 0. The molecule has 0 fully saturated rings. The molecule has 19 heavy (non-hydrogen) atoms. The molecule has 1 amide bonds. The van der Waals surface area contributed by atoms with Crippen LogP contribution in [0.15, 0.2) is 6.20 Å². The number of thiazole rings is 1. The zero-order valence-corrected chi connectivity index (χ0v) is 12.4. The number of hydrogen-bond acceptors (Lipinski definition) is 5. The molecule has 0 bridgehead atoms. The molecule has 102 valence electrons. The minimum absolute atomic E-state index is 0.149. The molecular formula is C11H15N5OS2. The van der Waals surface area contributed by atoms with Gasteiger partial charge in [0.05, 0.1) is 0 Å². The van der Waals surface area contributed by atoms with E-state index in [1.54, 1.807) is 10.8 Å². The quantitative estimate of drug-likeness (QED) is 0.830. The Hall–Kier alpha value is -1.54. The van der Waals surface area contributed by atoms with E-state index in [1.165, 1.54) is 11.3 Å². The summed E-state index contributed by atoms with van der Waals surface area (Å²) in [6.07, 6.45) is 3.47. The maximum Gasteiger partial charge on any atom is 0.246 e. The van der Waals surface area contributed by atoms with Crippen molar-refractivity contribution in [1.82, 2.24) is 19.7 Å². The molecular weight excluding hydrogens is 282 g/mol. The number of aromatic nitrogens is 4. The summed E-state index contributed by atoms with van der Waals surface area (Å²) in [6.45, 7) is 4.16. The number of rotatable bonds is 5. The van der Waals surface area contributed by atoms with Gasteiger partial charge in [-0.3, -0.25) is 14.5 Å². The molecule has 2 aromatic rings. The molecule has 0 aliphatic carbocycles. The van der Waals surface area contributed by atoms with E-state index < -0.39 is 0 Å². The average Bonchev–Trinajstić information content (AvgIpc) is 2.90. The minimum Gasteiger partial charge on any atom is -0.300 e. The molecule has 0 aliphatic rings. The Morgan fingerprint density at radius 1 is 1.63 bits per heavy atom. The molecule has 0 saturated carbocycles. The Morgan fingerprint density at radius 2 is 2.42 bits per heavy atom. The predicted octanol–water partition coefficient (Wildman–Crippen LogP) is 2.30. The fourth-order valence-electron chi connectivity index (χ4n) is 1.64. The Kier molecular flexibility index (Phi) is 4.43. The number of amides is 1. The number of carbonyl (C=O) groups excluding carboxylic acids is 1. The summed E-state index contributed by atoms with van der Waals surface area (Å²) in [6, 6.07) is 0. The highest BCUT2D eigenvalue weighted by Gasteiger charge is 2.11. The van der Waals surface area contributed by atoms with Crippen molar-refractivity contribution in [3.63, 3.8) is 0 Å². The third-order valence-electron chi connectivity index (χ3n) is 2.48.